The Morgan fingerprint density at radius 2 is 1.97 bits per heavy atom. The van der Waals surface area contributed by atoms with E-state index in [4.69, 9.17) is 16.3 Å². The number of aliphatic hydroxyl groups is 1. The topological polar surface area (TPSA) is 116 Å². The van der Waals surface area contributed by atoms with Crippen molar-refractivity contribution in [1.82, 2.24) is 15.3 Å². The first-order valence-electron chi connectivity index (χ1n) is 11.9. The molecule has 0 saturated carbocycles. The standard InChI is InChI=1S/C16H23N3O4.C8H9F2NO.C2H6/c1-5-9-18(4)19-11-12(3)14(20)15(21)13(19)16(22)17-8-7-10-23-6-2;9-7-2-1-6(4-11-5-12)8(10)3-7;1-2/h1,11,21H,6-10H2,2-4H3,(H,17,22);1-3,11-12H,4-5H2;1-2H3. The summed E-state index contributed by atoms with van der Waals surface area (Å²) in [6.07, 6.45) is 7.40. The summed E-state index contributed by atoms with van der Waals surface area (Å²) in [6.45, 7) is 9.16. The molecule has 37 heavy (non-hydrogen) atoms. The van der Waals surface area contributed by atoms with Crippen molar-refractivity contribution >= 4 is 5.91 Å². The normalized spacial score (nSPS) is 9.81. The summed E-state index contributed by atoms with van der Waals surface area (Å²) in [6, 6.07) is 3.33. The van der Waals surface area contributed by atoms with E-state index in [0.29, 0.717) is 37.3 Å². The van der Waals surface area contributed by atoms with E-state index < -0.39 is 28.7 Å². The number of ether oxygens (including phenoxy) is 1. The Morgan fingerprint density at radius 3 is 2.54 bits per heavy atom. The highest BCUT2D eigenvalue weighted by molar-refractivity contribution is 5.95. The molecule has 2 rings (SSSR count). The van der Waals surface area contributed by atoms with Crippen molar-refractivity contribution in [1.29, 1.82) is 0 Å². The number of pyridine rings is 1. The van der Waals surface area contributed by atoms with Crippen LogP contribution in [-0.4, -0.2) is 60.9 Å². The Morgan fingerprint density at radius 1 is 1.30 bits per heavy atom. The zero-order valence-electron chi connectivity index (χ0n) is 22.1. The highest BCUT2D eigenvalue weighted by Crippen LogP contribution is 2.14. The van der Waals surface area contributed by atoms with Crippen LogP contribution in [0.25, 0.3) is 0 Å². The second kappa shape index (κ2) is 18.8. The Labute approximate surface area is 217 Å². The summed E-state index contributed by atoms with van der Waals surface area (Å²) in [5.41, 5.74) is -0.0469. The van der Waals surface area contributed by atoms with Crippen molar-refractivity contribution in [2.75, 3.05) is 45.1 Å². The minimum absolute atomic E-state index is 0.130. The number of amides is 1. The van der Waals surface area contributed by atoms with Gasteiger partial charge >= 0.3 is 0 Å². The van der Waals surface area contributed by atoms with Gasteiger partial charge in [-0.2, -0.15) is 0 Å². The molecule has 1 aromatic heterocycles. The predicted octanol–water partition coefficient (Wildman–Crippen LogP) is 2.25. The third-order valence-corrected chi connectivity index (χ3v) is 4.64. The largest absolute Gasteiger partial charge is 0.502 e. The summed E-state index contributed by atoms with van der Waals surface area (Å²) in [5, 5.41) is 25.2. The molecule has 9 nitrogen and oxygen atoms in total. The Bertz CT molecular complexity index is 1070. The maximum Gasteiger partial charge on any atom is 0.273 e. The molecule has 0 spiro atoms. The van der Waals surface area contributed by atoms with Gasteiger partial charge in [-0.3, -0.25) is 19.6 Å². The molecule has 1 amide bonds. The van der Waals surface area contributed by atoms with Crippen LogP contribution in [-0.2, 0) is 11.3 Å². The lowest BCUT2D eigenvalue weighted by molar-refractivity contribution is 0.0930. The number of aliphatic hydroxyl groups excluding tert-OH is 1. The second-order valence-corrected chi connectivity index (χ2v) is 7.33. The monoisotopic (exact) mass is 524 g/mol. The minimum atomic E-state index is -0.601. The maximum atomic E-state index is 12.8. The van der Waals surface area contributed by atoms with Crippen LogP contribution in [0.15, 0.2) is 29.2 Å². The van der Waals surface area contributed by atoms with Gasteiger partial charge in [-0.25, -0.2) is 8.78 Å². The Hall–Kier alpha value is -3.46. The van der Waals surface area contributed by atoms with Crippen LogP contribution in [0.2, 0.25) is 0 Å². The van der Waals surface area contributed by atoms with E-state index >= 15 is 0 Å². The number of halogens is 2. The van der Waals surface area contributed by atoms with E-state index in [-0.39, 0.29) is 25.5 Å². The molecule has 0 radical (unpaired) electrons. The molecule has 0 atom stereocenters. The summed E-state index contributed by atoms with van der Waals surface area (Å²) < 4.78 is 31.8. The number of aryl methyl sites for hydroxylation is 1. The molecule has 0 fully saturated rings. The number of aromatic nitrogens is 1. The Balaban J connectivity index is 0.000000775. The Kier molecular flexibility index (Phi) is 17.0. The van der Waals surface area contributed by atoms with Crippen LogP contribution in [0.1, 0.15) is 48.8 Å². The van der Waals surface area contributed by atoms with Crippen LogP contribution >= 0.6 is 0 Å². The first kappa shape index (κ1) is 33.5. The van der Waals surface area contributed by atoms with Gasteiger partial charge in [0.15, 0.2) is 11.4 Å². The number of carbonyl (C=O) groups excluding carboxylic acids is 1. The number of terminal acetylenes is 1. The van der Waals surface area contributed by atoms with Gasteiger partial charge in [-0.1, -0.05) is 25.8 Å². The average Bonchev–Trinajstić information content (AvgIpc) is 2.88. The van der Waals surface area contributed by atoms with E-state index in [1.807, 2.05) is 20.8 Å². The van der Waals surface area contributed by atoms with Crippen molar-refractivity contribution in [3.63, 3.8) is 0 Å². The first-order valence-corrected chi connectivity index (χ1v) is 11.9. The van der Waals surface area contributed by atoms with Crippen molar-refractivity contribution in [3.05, 3.63) is 63.1 Å². The number of nitrogens with one attached hydrogen (secondary N) is 2. The first-order chi connectivity index (χ1) is 17.7. The van der Waals surface area contributed by atoms with Gasteiger partial charge in [0.25, 0.3) is 5.91 Å². The quantitative estimate of drug-likeness (QED) is 0.202. The van der Waals surface area contributed by atoms with Crippen molar-refractivity contribution < 1.29 is 28.5 Å². The summed E-state index contributed by atoms with van der Waals surface area (Å²) in [5.74, 6) is 0.123. The number of nitrogens with zero attached hydrogens (tertiary/aromatic N) is 2. The van der Waals surface area contributed by atoms with Gasteiger partial charge in [-0.05, 0) is 26.3 Å². The van der Waals surface area contributed by atoms with Crippen molar-refractivity contribution in [2.45, 2.75) is 40.7 Å². The van der Waals surface area contributed by atoms with Crippen LogP contribution in [0.5, 0.6) is 5.75 Å². The van der Waals surface area contributed by atoms with E-state index in [0.717, 1.165) is 6.07 Å². The summed E-state index contributed by atoms with van der Waals surface area (Å²) >= 11 is 0. The molecular weight excluding hydrogens is 486 g/mol. The molecule has 0 aliphatic rings. The van der Waals surface area contributed by atoms with Crippen LogP contribution in [0, 0.1) is 30.9 Å². The highest BCUT2D eigenvalue weighted by atomic mass is 19.1. The highest BCUT2D eigenvalue weighted by Gasteiger charge is 2.21. The molecule has 0 saturated heterocycles. The molecular formula is C26H38F2N4O5. The van der Waals surface area contributed by atoms with Gasteiger partial charge in [-0.15, -0.1) is 6.42 Å². The third-order valence-electron chi connectivity index (χ3n) is 4.64. The predicted molar refractivity (Wildman–Crippen MR) is 140 cm³/mol. The molecule has 206 valence electrons. The fourth-order valence-electron chi connectivity index (χ4n) is 2.86. The van der Waals surface area contributed by atoms with Crippen LogP contribution in [0.4, 0.5) is 8.78 Å². The minimum Gasteiger partial charge on any atom is -0.502 e. The SMILES string of the molecule is C#CCN(C)n1cc(C)c(=O)c(O)c1C(=O)NCCCOCC.CC.OCNCc1ccc(F)cc1F. The molecule has 2 aromatic rings. The van der Waals surface area contributed by atoms with Gasteiger partial charge < -0.3 is 25.3 Å². The van der Waals surface area contributed by atoms with Crippen molar-refractivity contribution in [3.8, 4) is 18.1 Å². The fourth-order valence-corrected chi connectivity index (χ4v) is 2.86. The third kappa shape index (κ3) is 11.4. The number of hydrogen-bond acceptors (Lipinski definition) is 7. The van der Waals surface area contributed by atoms with E-state index in [1.54, 1.807) is 19.0 Å². The van der Waals surface area contributed by atoms with Gasteiger partial charge in [0, 0.05) is 56.7 Å². The number of carbonyl (C=O) groups is 1. The molecule has 1 heterocycles. The lowest BCUT2D eigenvalue weighted by atomic mass is 10.2. The molecule has 0 aliphatic carbocycles. The summed E-state index contributed by atoms with van der Waals surface area (Å²) in [7, 11) is 1.66. The molecule has 0 aliphatic heterocycles. The van der Waals surface area contributed by atoms with E-state index in [2.05, 4.69) is 16.6 Å². The molecule has 0 bridgehead atoms. The van der Waals surface area contributed by atoms with E-state index in [1.165, 1.54) is 23.0 Å². The van der Waals surface area contributed by atoms with Gasteiger partial charge in [0.05, 0.1) is 13.3 Å². The smallest absolute Gasteiger partial charge is 0.273 e. The average molecular weight is 525 g/mol. The zero-order chi connectivity index (χ0) is 28.4. The number of rotatable bonds is 11. The van der Waals surface area contributed by atoms with E-state index in [9.17, 15) is 23.5 Å². The van der Waals surface area contributed by atoms with Gasteiger partial charge in [0.2, 0.25) is 5.43 Å². The summed E-state index contributed by atoms with van der Waals surface area (Å²) in [4.78, 5) is 24.3. The molecule has 1 aromatic carbocycles. The number of hydrogen-bond donors (Lipinski definition) is 4. The lowest BCUT2D eigenvalue weighted by Crippen LogP contribution is -2.39. The zero-order valence-corrected chi connectivity index (χ0v) is 22.1. The van der Waals surface area contributed by atoms with Crippen LogP contribution < -0.4 is 21.1 Å². The number of benzene rings is 1. The van der Waals surface area contributed by atoms with Gasteiger partial charge in [0.1, 0.15) is 11.6 Å². The molecule has 4 N–H and O–H groups in total. The molecule has 11 heteroatoms. The fraction of sp³-hybridized carbons (Fsp3) is 0.462. The van der Waals surface area contributed by atoms with Crippen molar-refractivity contribution in [2.24, 2.45) is 0 Å². The van der Waals surface area contributed by atoms with Crippen LogP contribution in [0.3, 0.4) is 0 Å². The second-order valence-electron chi connectivity index (χ2n) is 7.33. The molecule has 0 unspecified atom stereocenters. The number of aromatic hydroxyl groups is 1. The lowest BCUT2D eigenvalue weighted by Gasteiger charge is -2.24. The maximum absolute atomic E-state index is 12.8.